The Labute approximate surface area is 192 Å². The van der Waals surface area contributed by atoms with Crippen LogP contribution in [-0.4, -0.2) is 64.6 Å². The third-order valence-electron chi connectivity index (χ3n) is 5.83. The lowest BCUT2D eigenvalue weighted by molar-refractivity contribution is -0.148. The molecule has 4 rings (SSSR count). The Morgan fingerprint density at radius 2 is 1.76 bits per heavy atom. The summed E-state index contributed by atoms with van der Waals surface area (Å²) in [7, 11) is -1.20. The van der Waals surface area contributed by atoms with Gasteiger partial charge in [0.2, 0.25) is 16.1 Å². The zero-order valence-corrected chi connectivity index (χ0v) is 19.3. The van der Waals surface area contributed by atoms with Gasteiger partial charge in [0.25, 0.3) is 5.91 Å². The Kier molecular flexibility index (Phi) is 6.57. The van der Waals surface area contributed by atoms with Crippen LogP contribution >= 0.6 is 0 Å². The van der Waals surface area contributed by atoms with E-state index < -0.39 is 28.0 Å². The Bertz CT molecular complexity index is 1160. The molecule has 0 unspecified atom stereocenters. The van der Waals surface area contributed by atoms with Crippen molar-refractivity contribution in [2.75, 3.05) is 38.8 Å². The molecular formula is C23H26N2O7S. The van der Waals surface area contributed by atoms with Crippen molar-refractivity contribution in [1.29, 1.82) is 0 Å². The number of piperidine rings is 1. The van der Waals surface area contributed by atoms with E-state index in [4.69, 9.17) is 14.2 Å². The van der Waals surface area contributed by atoms with E-state index in [-0.39, 0.29) is 22.8 Å². The maximum absolute atomic E-state index is 13.5. The van der Waals surface area contributed by atoms with E-state index >= 15 is 0 Å². The topological polar surface area (TPSA) is 102 Å². The van der Waals surface area contributed by atoms with Gasteiger partial charge in [-0.15, -0.1) is 0 Å². The summed E-state index contributed by atoms with van der Waals surface area (Å²) < 4.78 is 43.9. The number of anilines is 1. The molecule has 0 spiro atoms. The van der Waals surface area contributed by atoms with E-state index in [1.165, 1.54) is 41.6 Å². The van der Waals surface area contributed by atoms with Crippen LogP contribution < -0.4 is 14.4 Å². The molecule has 2 heterocycles. The molecule has 2 aromatic rings. The van der Waals surface area contributed by atoms with E-state index in [0.29, 0.717) is 24.5 Å². The molecule has 10 heteroatoms. The summed E-state index contributed by atoms with van der Waals surface area (Å²) in [5.41, 5.74) is 0.644. The fraction of sp³-hybridized carbons (Fsp3) is 0.391. The van der Waals surface area contributed by atoms with E-state index in [1.54, 1.807) is 24.3 Å². The minimum atomic E-state index is -3.84. The number of amides is 1. The Hall–Kier alpha value is -3.11. The van der Waals surface area contributed by atoms with E-state index in [1.807, 2.05) is 0 Å². The zero-order chi connectivity index (χ0) is 23.6. The van der Waals surface area contributed by atoms with Crippen molar-refractivity contribution in [1.82, 2.24) is 4.31 Å². The van der Waals surface area contributed by atoms with Gasteiger partial charge in [0, 0.05) is 18.7 Å². The number of sulfonamides is 1. The van der Waals surface area contributed by atoms with Crippen molar-refractivity contribution in [2.45, 2.75) is 30.3 Å². The molecule has 176 valence electrons. The first-order valence-electron chi connectivity index (χ1n) is 10.7. The Morgan fingerprint density at radius 1 is 1.03 bits per heavy atom. The van der Waals surface area contributed by atoms with Gasteiger partial charge >= 0.3 is 5.97 Å². The summed E-state index contributed by atoms with van der Waals surface area (Å²) in [5, 5.41) is 0. The lowest BCUT2D eigenvalue weighted by atomic mass is 10.1. The second-order valence-corrected chi connectivity index (χ2v) is 9.75. The average Bonchev–Trinajstić information content (AvgIpc) is 2.87. The molecule has 0 radical (unpaired) electrons. The number of carbonyl (C=O) groups excluding carboxylic acids is 2. The Balaban J connectivity index is 1.73. The van der Waals surface area contributed by atoms with E-state index in [9.17, 15) is 18.0 Å². The van der Waals surface area contributed by atoms with Gasteiger partial charge in [-0.1, -0.05) is 18.6 Å². The lowest BCUT2D eigenvalue weighted by Crippen LogP contribution is -2.47. The molecule has 1 amide bonds. The van der Waals surface area contributed by atoms with Gasteiger partial charge in [0.15, 0.2) is 0 Å². The van der Waals surface area contributed by atoms with Crippen LogP contribution in [0.4, 0.5) is 5.69 Å². The lowest BCUT2D eigenvalue weighted by Gasteiger charge is -2.33. The van der Waals surface area contributed by atoms with Crippen molar-refractivity contribution < 1.29 is 32.2 Å². The average molecular weight is 475 g/mol. The number of rotatable bonds is 5. The van der Waals surface area contributed by atoms with Gasteiger partial charge in [-0.3, -0.25) is 4.79 Å². The van der Waals surface area contributed by atoms with Crippen LogP contribution in [0.3, 0.4) is 0 Å². The number of fused-ring (bicyclic) bond motifs is 1. The molecule has 1 atom stereocenters. The molecule has 2 aromatic carbocycles. The van der Waals surface area contributed by atoms with Gasteiger partial charge < -0.3 is 19.1 Å². The molecular weight excluding hydrogens is 448 g/mol. The van der Waals surface area contributed by atoms with Gasteiger partial charge in [-0.05, 0) is 43.2 Å². The first kappa shape index (κ1) is 23.1. The minimum Gasteiger partial charge on any atom is -0.495 e. The van der Waals surface area contributed by atoms with E-state index in [2.05, 4.69) is 0 Å². The van der Waals surface area contributed by atoms with Crippen molar-refractivity contribution in [3.8, 4) is 11.5 Å². The Morgan fingerprint density at radius 3 is 2.45 bits per heavy atom. The van der Waals surface area contributed by atoms with Crippen LogP contribution in [0.2, 0.25) is 0 Å². The van der Waals surface area contributed by atoms with Crippen LogP contribution in [0.1, 0.15) is 29.6 Å². The van der Waals surface area contributed by atoms with Gasteiger partial charge in [0.05, 0.1) is 26.5 Å². The molecule has 0 aromatic heterocycles. The highest BCUT2D eigenvalue weighted by Gasteiger charge is 2.36. The minimum absolute atomic E-state index is 0.0520. The number of hydrogen-bond acceptors (Lipinski definition) is 7. The van der Waals surface area contributed by atoms with Crippen LogP contribution in [0.15, 0.2) is 47.4 Å². The highest BCUT2D eigenvalue weighted by Crippen LogP contribution is 2.36. The van der Waals surface area contributed by atoms with Gasteiger partial charge in [-0.25, -0.2) is 13.2 Å². The summed E-state index contributed by atoms with van der Waals surface area (Å²) in [6.07, 6.45) is 1.57. The summed E-state index contributed by atoms with van der Waals surface area (Å²) in [5.74, 6) is -0.531. The van der Waals surface area contributed by atoms with Crippen LogP contribution in [0, 0.1) is 0 Å². The summed E-state index contributed by atoms with van der Waals surface area (Å²) in [6, 6.07) is 11.2. The maximum Gasteiger partial charge on any atom is 0.348 e. The summed E-state index contributed by atoms with van der Waals surface area (Å²) in [4.78, 5) is 27.0. The highest BCUT2D eigenvalue weighted by atomic mass is 32.2. The maximum atomic E-state index is 13.5. The monoisotopic (exact) mass is 474 g/mol. The number of benzene rings is 2. The predicted molar refractivity (Wildman–Crippen MR) is 120 cm³/mol. The van der Waals surface area contributed by atoms with Crippen LogP contribution in [0.25, 0.3) is 0 Å². The SMILES string of the molecule is COC(=O)[C@H]1CN(C(=O)c2ccc(OC)c(S(=O)(=O)N3CCCCC3)c2)c2ccccc2O1. The number of methoxy groups -OCH3 is 2. The first-order valence-corrected chi connectivity index (χ1v) is 12.1. The van der Waals surface area contributed by atoms with Gasteiger partial charge in [-0.2, -0.15) is 4.31 Å². The number of para-hydroxylation sites is 2. The summed E-state index contributed by atoms with van der Waals surface area (Å²) >= 11 is 0. The predicted octanol–water partition coefficient (Wildman–Crippen LogP) is 2.45. The fourth-order valence-electron chi connectivity index (χ4n) is 4.09. The first-order chi connectivity index (χ1) is 15.9. The number of nitrogens with zero attached hydrogens (tertiary/aromatic N) is 2. The molecule has 0 saturated carbocycles. The van der Waals surface area contributed by atoms with Crippen molar-refractivity contribution in [3.63, 3.8) is 0 Å². The van der Waals surface area contributed by atoms with Crippen LogP contribution in [-0.2, 0) is 19.6 Å². The quantitative estimate of drug-likeness (QED) is 0.614. The molecule has 0 bridgehead atoms. The van der Waals surface area contributed by atoms with Crippen molar-refractivity contribution >= 4 is 27.6 Å². The molecule has 2 aliphatic heterocycles. The molecule has 1 fully saturated rings. The molecule has 1 saturated heterocycles. The molecule has 9 nitrogen and oxygen atoms in total. The van der Waals surface area contributed by atoms with E-state index in [0.717, 1.165) is 19.3 Å². The molecule has 0 aliphatic carbocycles. The van der Waals surface area contributed by atoms with Crippen LogP contribution in [0.5, 0.6) is 11.5 Å². The zero-order valence-electron chi connectivity index (χ0n) is 18.5. The molecule has 2 aliphatic rings. The van der Waals surface area contributed by atoms with Crippen molar-refractivity contribution in [2.24, 2.45) is 0 Å². The smallest absolute Gasteiger partial charge is 0.348 e. The highest BCUT2D eigenvalue weighted by molar-refractivity contribution is 7.89. The number of esters is 1. The normalized spacial score (nSPS) is 18.7. The standard InChI is InChI=1S/C23H26N2O7S/c1-30-19-11-10-16(14-21(19)33(28,29)24-12-6-3-7-13-24)22(26)25-15-20(23(27)31-2)32-18-9-5-4-8-17(18)25/h4-5,8-11,14,20H,3,6-7,12-13,15H2,1-2H3/t20-/m1/s1. The summed E-state index contributed by atoms with van der Waals surface area (Å²) in [6.45, 7) is 0.797. The third-order valence-corrected chi connectivity index (χ3v) is 7.75. The number of carbonyl (C=O) groups is 2. The second-order valence-electron chi connectivity index (χ2n) is 7.84. The van der Waals surface area contributed by atoms with Gasteiger partial charge in [0.1, 0.15) is 16.4 Å². The largest absolute Gasteiger partial charge is 0.495 e. The van der Waals surface area contributed by atoms with Crippen molar-refractivity contribution in [3.05, 3.63) is 48.0 Å². The molecule has 0 N–H and O–H groups in total. The fourth-order valence-corrected chi connectivity index (χ4v) is 5.79. The number of ether oxygens (including phenoxy) is 3. The number of hydrogen-bond donors (Lipinski definition) is 0. The second kappa shape index (κ2) is 9.40. The third kappa shape index (κ3) is 4.40. The molecule has 33 heavy (non-hydrogen) atoms.